The lowest BCUT2D eigenvalue weighted by atomic mass is 10.1. The van der Waals surface area contributed by atoms with E-state index in [-0.39, 0.29) is 11.7 Å². The maximum atomic E-state index is 12.4. The lowest BCUT2D eigenvalue weighted by Crippen LogP contribution is -2.12. The number of phenols is 1. The molecule has 124 valence electrons. The number of aromatic nitrogens is 4. The van der Waals surface area contributed by atoms with E-state index in [1.54, 1.807) is 35.9 Å². The minimum absolute atomic E-state index is 0.0598. The molecule has 0 spiro atoms. The summed E-state index contributed by atoms with van der Waals surface area (Å²) in [5, 5.41) is 24.0. The Labute approximate surface area is 139 Å². The zero-order valence-electron chi connectivity index (χ0n) is 14.0. The first-order chi connectivity index (χ1) is 11.4. The number of benzene rings is 1. The summed E-state index contributed by atoms with van der Waals surface area (Å²) in [5.74, 6) is -0.307. The molecule has 3 N–H and O–H groups in total. The number of amides is 1. The molecular formula is C17H19N5O2. The Morgan fingerprint density at radius 2 is 2.04 bits per heavy atom. The maximum Gasteiger partial charge on any atom is 0.273 e. The Hall–Kier alpha value is -3.09. The molecule has 0 radical (unpaired) electrons. The lowest BCUT2D eigenvalue weighted by Gasteiger charge is -2.07. The summed E-state index contributed by atoms with van der Waals surface area (Å²) in [7, 11) is 1.87. The number of H-pyrrole nitrogens is 1. The quantitative estimate of drug-likeness (QED) is 0.645. The minimum atomic E-state index is -0.367. The van der Waals surface area contributed by atoms with Crippen molar-refractivity contribution in [2.45, 2.75) is 20.8 Å². The highest BCUT2D eigenvalue weighted by atomic mass is 16.3. The smallest absolute Gasteiger partial charge is 0.273 e. The van der Waals surface area contributed by atoms with Crippen LogP contribution in [0.25, 0.3) is 11.3 Å². The molecule has 24 heavy (non-hydrogen) atoms. The predicted molar refractivity (Wildman–Crippen MR) is 91.1 cm³/mol. The summed E-state index contributed by atoms with van der Waals surface area (Å²) in [6.45, 7) is 5.63. The molecule has 7 heteroatoms. The largest absolute Gasteiger partial charge is 0.505 e. The van der Waals surface area contributed by atoms with Crippen LogP contribution in [-0.2, 0) is 7.05 Å². The van der Waals surface area contributed by atoms with Gasteiger partial charge in [0.1, 0.15) is 11.4 Å². The number of aromatic hydroxyl groups is 1. The zero-order valence-corrected chi connectivity index (χ0v) is 14.0. The van der Waals surface area contributed by atoms with Crippen molar-refractivity contribution in [2.24, 2.45) is 7.05 Å². The normalized spacial score (nSPS) is 10.8. The minimum Gasteiger partial charge on any atom is -0.505 e. The fraction of sp³-hybridized carbons (Fsp3) is 0.235. The highest BCUT2D eigenvalue weighted by Crippen LogP contribution is 2.28. The van der Waals surface area contributed by atoms with Crippen LogP contribution in [-0.4, -0.2) is 31.0 Å². The highest BCUT2D eigenvalue weighted by Gasteiger charge is 2.18. The molecule has 0 aliphatic rings. The Bertz CT molecular complexity index is 923. The monoisotopic (exact) mass is 325 g/mol. The van der Waals surface area contributed by atoms with Crippen LogP contribution in [0, 0.1) is 20.8 Å². The van der Waals surface area contributed by atoms with Crippen LogP contribution >= 0.6 is 0 Å². The number of rotatable bonds is 3. The van der Waals surface area contributed by atoms with Gasteiger partial charge in [0.25, 0.3) is 5.91 Å². The fourth-order valence-electron chi connectivity index (χ4n) is 2.66. The molecule has 0 unspecified atom stereocenters. The van der Waals surface area contributed by atoms with Gasteiger partial charge < -0.3 is 10.4 Å². The Kier molecular flexibility index (Phi) is 3.84. The summed E-state index contributed by atoms with van der Waals surface area (Å²) in [5.41, 5.74) is 4.77. The number of aromatic amines is 1. The van der Waals surface area contributed by atoms with Gasteiger partial charge in [-0.1, -0.05) is 12.1 Å². The van der Waals surface area contributed by atoms with Crippen LogP contribution in [0.5, 0.6) is 5.75 Å². The van der Waals surface area contributed by atoms with Gasteiger partial charge in [-0.2, -0.15) is 10.2 Å². The maximum absolute atomic E-state index is 12.4. The van der Waals surface area contributed by atoms with Crippen LogP contribution < -0.4 is 5.32 Å². The summed E-state index contributed by atoms with van der Waals surface area (Å²) >= 11 is 0. The molecular weight excluding hydrogens is 306 g/mol. The molecule has 1 aromatic carbocycles. The van der Waals surface area contributed by atoms with Crippen molar-refractivity contribution in [3.8, 4) is 17.0 Å². The summed E-state index contributed by atoms with van der Waals surface area (Å²) in [6.07, 6.45) is 0. The number of carbonyl (C=O) groups excluding carboxylic acids is 1. The molecule has 0 bridgehead atoms. The van der Waals surface area contributed by atoms with E-state index < -0.39 is 0 Å². The first-order valence-corrected chi connectivity index (χ1v) is 7.54. The third-order valence-electron chi connectivity index (χ3n) is 4.07. The van der Waals surface area contributed by atoms with Gasteiger partial charge in [0.2, 0.25) is 0 Å². The second-order valence-corrected chi connectivity index (χ2v) is 5.76. The summed E-state index contributed by atoms with van der Waals surface area (Å²) in [4.78, 5) is 12.4. The molecule has 0 saturated heterocycles. The van der Waals surface area contributed by atoms with Crippen LogP contribution in [0.4, 0.5) is 5.69 Å². The molecule has 0 aliphatic carbocycles. The first-order valence-electron chi connectivity index (χ1n) is 7.54. The standard InChI is InChI=1S/C17H19N5O2/c1-9-6-5-7-12(16(9)23)18-17(24)14-8-13(19-20-14)15-10(2)21-22(4)11(15)3/h5-8,23H,1-4H3,(H,18,24)(H,19,20). The molecule has 0 saturated carbocycles. The van der Waals surface area contributed by atoms with Gasteiger partial charge in [-0.05, 0) is 38.5 Å². The van der Waals surface area contributed by atoms with Crippen LogP contribution in [0.3, 0.4) is 0 Å². The van der Waals surface area contributed by atoms with E-state index in [1.165, 1.54) is 0 Å². The number of phenolic OH excluding ortho intramolecular Hbond substituents is 1. The van der Waals surface area contributed by atoms with E-state index in [1.807, 2.05) is 20.9 Å². The SMILES string of the molecule is Cc1cccc(NC(=O)c2cc(-c3c(C)nn(C)c3C)n[nH]2)c1O. The van der Waals surface area contributed by atoms with Crippen molar-refractivity contribution < 1.29 is 9.90 Å². The van der Waals surface area contributed by atoms with Crippen molar-refractivity contribution in [1.29, 1.82) is 0 Å². The number of hydrogen-bond donors (Lipinski definition) is 3. The number of para-hydroxylation sites is 1. The van der Waals surface area contributed by atoms with E-state index in [0.717, 1.165) is 17.0 Å². The number of aryl methyl sites for hydroxylation is 3. The molecule has 2 heterocycles. The third-order valence-corrected chi connectivity index (χ3v) is 4.07. The van der Waals surface area contributed by atoms with Gasteiger partial charge in [-0.3, -0.25) is 14.6 Å². The Morgan fingerprint density at radius 3 is 2.71 bits per heavy atom. The highest BCUT2D eigenvalue weighted by molar-refractivity contribution is 6.04. The first kappa shape index (κ1) is 15.8. The van der Waals surface area contributed by atoms with Gasteiger partial charge in [-0.25, -0.2) is 0 Å². The predicted octanol–water partition coefficient (Wildman–Crippen LogP) is 2.69. The molecule has 0 atom stereocenters. The molecule has 0 fully saturated rings. The van der Waals surface area contributed by atoms with Crippen molar-refractivity contribution in [3.05, 3.63) is 46.9 Å². The summed E-state index contributed by atoms with van der Waals surface area (Å²) in [6, 6.07) is 6.87. The molecule has 3 rings (SSSR count). The number of hydrogen-bond acceptors (Lipinski definition) is 4. The number of nitrogens with zero attached hydrogens (tertiary/aromatic N) is 3. The fourth-order valence-corrected chi connectivity index (χ4v) is 2.66. The van der Waals surface area contributed by atoms with E-state index in [9.17, 15) is 9.90 Å². The molecule has 0 aliphatic heterocycles. The van der Waals surface area contributed by atoms with Crippen molar-refractivity contribution in [1.82, 2.24) is 20.0 Å². The van der Waals surface area contributed by atoms with Crippen molar-refractivity contribution in [2.75, 3.05) is 5.32 Å². The van der Waals surface area contributed by atoms with Crippen molar-refractivity contribution in [3.63, 3.8) is 0 Å². The second kappa shape index (κ2) is 5.84. The van der Waals surface area contributed by atoms with Gasteiger partial charge >= 0.3 is 0 Å². The summed E-state index contributed by atoms with van der Waals surface area (Å²) < 4.78 is 1.78. The van der Waals surface area contributed by atoms with E-state index in [0.29, 0.717) is 22.6 Å². The van der Waals surface area contributed by atoms with E-state index in [4.69, 9.17) is 0 Å². The van der Waals surface area contributed by atoms with Gasteiger partial charge in [0.15, 0.2) is 0 Å². The molecule has 7 nitrogen and oxygen atoms in total. The average molecular weight is 325 g/mol. The van der Waals surface area contributed by atoms with Gasteiger partial charge in [0, 0.05) is 18.3 Å². The van der Waals surface area contributed by atoms with E-state index in [2.05, 4.69) is 20.6 Å². The Morgan fingerprint density at radius 1 is 1.29 bits per heavy atom. The third kappa shape index (κ3) is 2.64. The number of anilines is 1. The van der Waals surface area contributed by atoms with Crippen molar-refractivity contribution >= 4 is 11.6 Å². The second-order valence-electron chi connectivity index (χ2n) is 5.76. The zero-order chi connectivity index (χ0) is 17.4. The topological polar surface area (TPSA) is 95.8 Å². The van der Waals surface area contributed by atoms with Crippen LogP contribution in [0.1, 0.15) is 27.4 Å². The average Bonchev–Trinajstić information content (AvgIpc) is 3.10. The Balaban J connectivity index is 1.88. The molecule has 2 aromatic heterocycles. The molecule has 3 aromatic rings. The van der Waals surface area contributed by atoms with Crippen LogP contribution in [0.2, 0.25) is 0 Å². The van der Waals surface area contributed by atoms with E-state index >= 15 is 0 Å². The van der Waals surface area contributed by atoms with Gasteiger partial charge in [-0.15, -0.1) is 0 Å². The lowest BCUT2D eigenvalue weighted by molar-refractivity contribution is 0.102. The van der Waals surface area contributed by atoms with Crippen LogP contribution in [0.15, 0.2) is 24.3 Å². The van der Waals surface area contributed by atoms with Gasteiger partial charge in [0.05, 0.1) is 17.1 Å². The molecule has 1 amide bonds. The number of nitrogens with one attached hydrogen (secondary N) is 2. The number of carbonyl (C=O) groups is 1.